The molecule has 3 heterocycles. The van der Waals surface area contributed by atoms with Crippen molar-refractivity contribution in [1.82, 2.24) is 15.1 Å². The molecule has 0 spiro atoms. The minimum atomic E-state index is -0.451. The average molecular weight is 367 g/mol. The molecule has 0 aliphatic carbocycles. The molecule has 138 valence electrons. The number of carbonyl (C=O) groups excluding carboxylic acids is 1. The lowest BCUT2D eigenvalue weighted by atomic mass is 10.1. The van der Waals surface area contributed by atoms with Crippen LogP contribution in [-0.4, -0.2) is 33.4 Å². The molecule has 2 aromatic heterocycles. The van der Waals surface area contributed by atoms with E-state index in [0.717, 1.165) is 5.69 Å². The number of ether oxygens (including phenoxy) is 1. The molecule has 1 aliphatic rings. The van der Waals surface area contributed by atoms with Crippen LogP contribution in [0.5, 0.6) is 0 Å². The molecule has 9 heteroatoms. The van der Waals surface area contributed by atoms with Crippen molar-refractivity contribution in [3.63, 3.8) is 0 Å². The zero-order valence-electron chi connectivity index (χ0n) is 14.8. The molecular weight excluding hydrogens is 350 g/mol. The third-order valence-electron chi connectivity index (χ3n) is 4.02. The van der Waals surface area contributed by atoms with Crippen LogP contribution in [0.1, 0.15) is 31.2 Å². The first kappa shape index (κ1) is 17.0. The van der Waals surface area contributed by atoms with E-state index >= 15 is 0 Å². The maximum atomic E-state index is 12.2. The van der Waals surface area contributed by atoms with Crippen LogP contribution in [0.3, 0.4) is 0 Å². The fourth-order valence-corrected chi connectivity index (χ4v) is 2.80. The molecule has 0 bridgehead atoms. The van der Waals surface area contributed by atoms with Gasteiger partial charge in [0.25, 0.3) is 5.89 Å². The number of aryl methyl sites for hydroxylation is 1. The van der Waals surface area contributed by atoms with Crippen molar-refractivity contribution in [2.75, 3.05) is 11.6 Å². The Morgan fingerprint density at radius 3 is 2.81 bits per heavy atom. The van der Waals surface area contributed by atoms with Crippen LogP contribution in [0, 0.1) is 6.92 Å². The van der Waals surface area contributed by atoms with Gasteiger partial charge in [0.05, 0.1) is 12.3 Å². The number of hydrazone groups is 1. The van der Waals surface area contributed by atoms with E-state index in [-0.39, 0.29) is 6.61 Å². The van der Waals surface area contributed by atoms with Crippen molar-refractivity contribution in [3.05, 3.63) is 48.4 Å². The molecule has 0 saturated carbocycles. The topological polar surface area (TPSA) is 107 Å². The highest BCUT2D eigenvalue weighted by Gasteiger charge is 2.37. The van der Waals surface area contributed by atoms with Gasteiger partial charge in [0.15, 0.2) is 5.89 Å². The van der Waals surface area contributed by atoms with Gasteiger partial charge in [-0.15, -0.1) is 0 Å². The number of anilines is 1. The Bertz CT molecular complexity index is 979. The van der Waals surface area contributed by atoms with Crippen molar-refractivity contribution < 1.29 is 18.5 Å². The van der Waals surface area contributed by atoms with Crippen LogP contribution in [0.4, 0.5) is 5.69 Å². The zero-order chi connectivity index (χ0) is 18.8. The van der Waals surface area contributed by atoms with Gasteiger partial charge in [0.2, 0.25) is 5.82 Å². The van der Waals surface area contributed by atoms with Crippen molar-refractivity contribution >= 4 is 17.4 Å². The zero-order valence-corrected chi connectivity index (χ0v) is 14.8. The van der Waals surface area contributed by atoms with E-state index in [0.29, 0.717) is 35.4 Å². The Hall–Kier alpha value is -3.49. The standard InChI is InChI=1S/C18H17N5O4/c1-3-25-18(24)13-9-15(23(21-13)12-7-5-4-6-8-12)17-20-16(22-27-17)14-10-26-11(2)19-14/h4-8,10,15H,3,9H2,1-2H3. The van der Waals surface area contributed by atoms with E-state index in [1.165, 1.54) is 6.26 Å². The Kier molecular flexibility index (Phi) is 4.41. The fourth-order valence-electron chi connectivity index (χ4n) is 2.80. The summed E-state index contributed by atoms with van der Waals surface area (Å²) < 4.78 is 15.7. The van der Waals surface area contributed by atoms with Crippen LogP contribution in [0.2, 0.25) is 0 Å². The number of aromatic nitrogens is 3. The summed E-state index contributed by atoms with van der Waals surface area (Å²) in [5.41, 5.74) is 1.60. The van der Waals surface area contributed by atoms with Gasteiger partial charge in [-0.05, 0) is 19.1 Å². The first-order chi connectivity index (χ1) is 13.2. The largest absolute Gasteiger partial charge is 0.461 e. The number of nitrogens with zero attached hydrogens (tertiary/aromatic N) is 5. The molecule has 27 heavy (non-hydrogen) atoms. The Labute approximate surface area is 154 Å². The summed E-state index contributed by atoms with van der Waals surface area (Å²) in [6.45, 7) is 3.77. The minimum Gasteiger partial charge on any atom is -0.461 e. The van der Waals surface area contributed by atoms with Gasteiger partial charge < -0.3 is 13.7 Å². The molecule has 4 rings (SSSR count). The summed E-state index contributed by atoms with van der Waals surface area (Å²) in [6, 6.07) is 9.05. The highest BCUT2D eigenvalue weighted by atomic mass is 16.5. The number of hydrogen-bond acceptors (Lipinski definition) is 9. The second-order valence-corrected chi connectivity index (χ2v) is 5.88. The fraction of sp³-hybridized carbons (Fsp3) is 0.278. The van der Waals surface area contributed by atoms with Crippen molar-refractivity contribution in [2.24, 2.45) is 5.10 Å². The number of benzene rings is 1. The van der Waals surface area contributed by atoms with Gasteiger partial charge in [-0.1, -0.05) is 23.4 Å². The number of carbonyl (C=O) groups is 1. The molecular formula is C18H17N5O4. The van der Waals surface area contributed by atoms with Gasteiger partial charge in [-0.25, -0.2) is 9.78 Å². The molecule has 0 amide bonds. The van der Waals surface area contributed by atoms with Crippen molar-refractivity contribution in [2.45, 2.75) is 26.3 Å². The Balaban J connectivity index is 1.66. The molecule has 0 fully saturated rings. The third-order valence-corrected chi connectivity index (χ3v) is 4.02. The molecule has 1 unspecified atom stereocenters. The van der Waals surface area contributed by atoms with Crippen LogP contribution < -0.4 is 5.01 Å². The van der Waals surface area contributed by atoms with Crippen LogP contribution >= 0.6 is 0 Å². The number of para-hydroxylation sites is 1. The molecule has 1 aliphatic heterocycles. The second kappa shape index (κ2) is 7.02. The molecule has 1 atom stereocenters. The lowest BCUT2D eigenvalue weighted by molar-refractivity contribution is -0.135. The number of esters is 1. The summed E-state index contributed by atoms with van der Waals surface area (Å²) in [5.74, 6) is 0.709. The average Bonchev–Trinajstić information content (AvgIpc) is 3.41. The summed E-state index contributed by atoms with van der Waals surface area (Å²) >= 11 is 0. The van der Waals surface area contributed by atoms with Gasteiger partial charge in [-0.3, -0.25) is 5.01 Å². The highest BCUT2D eigenvalue weighted by molar-refractivity contribution is 6.37. The quantitative estimate of drug-likeness (QED) is 0.634. The van der Waals surface area contributed by atoms with Gasteiger partial charge in [0.1, 0.15) is 23.7 Å². The first-order valence-electron chi connectivity index (χ1n) is 8.50. The predicted molar refractivity (Wildman–Crippen MR) is 94.9 cm³/mol. The normalized spacial score (nSPS) is 16.4. The summed E-state index contributed by atoms with van der Waals surface area (Å²) in [7, 11) is 0. The summed E-state index contributed by atoms with van der Waals surface area (Å²) in [6.07, 6.45) is 1.77. The number of oxazole rings is 1. The monoisotopic (exact) mass is 367 g/mol. The van der Waals surface area contributed by atoms with Gasteiger partial charge >= 0.3 is 5.97 Å². The highest BCUT2D eigenvalue weighted by Crippen LogP contribution is 2.35. The summed E-state index contributed by atoms with van der Waals surface area (Å²) in [4.78, 5) is 20.8. The maximum Gasteiger partial charge on any atom is 0.354 e. The molecule has 0 radical (unpaired) electrons. The van der Waals surface area contributed by atoms with E-state index in [1.54, 1.807) is 18.9 Å². The third kappa shape index (κ3) is 3.31. The summed E-state index contributed by atoms with van der Waals surface area (Å²) in [5, 5.41) is 10.1. The molecule has 1 aromatic carbocycles. The SMILES string of the molecule is CCOC(=O)C1=NN(c2ccccc2)C(c2nc(-c3coc(C)n3)no2)C1. The number of hydrogen-bond donors (Lipinski definition) is 0. The predicted octanol–water partition coefficient (Wildman–Crippen LogP) is 2.90. The molecule has 9 nitrogen and oxygen atoms in total. The van der Waals surface area contributed by atoms with Crippen molar-refractivity contribution in [3.8, 4) is 11.5 Å². The smallest absolute Gasteiger partial charge is 0.354 e. The van der Waals surface area contributed by atoms with E-state index in [4.69, 9.17) is 13.7 Å². The first-order valence-corrected chi connectivity index (χ1v) is 8.50. The maximum absolute atomic E-state index is 12.2. The van der Waals surface area contributed by atoms with Crippen LogP contribution in [0.25, 0.3) is 11.5 Å². The molecule has 0 N–H and O–H groups in total. The van der Waals surface area contributed by atoms with Crippen molar-refractivity contribution in [1.29, 1.82) is 0 Å². The van der Waals surface area contributed by atoms with E-state index in [9.17, 15) is 4.79 Å². The lowest BCUT2D eigenvalue weighted by Gasteiger charge is -2.20. The van der Waals surface area contributed by atoms with E-state index in [1.807, 2.05) is 30.3 Å². The lowest BCUT2D eigenvalue weighted by Crippen LogP contribution is -2.19. The Morgan fingerprint density at radius 2 is 2.11 bits per heavy atom. The van der Waals surface area contributed by atoms with Crippen LogP contribution in [-0.2, 0) is 9.53 Å². The second-order valence-electron chi connectivity index (χ2n) is 5.88. The molecule has 0 saturated heterocycles. The van der Waals surface area contributed by atoms with E-state index in [2.05, 4.69) is 20.2 Å². The van der Waals surface area contributed by atoms with Gasteiger partial charge in [-0.2, -0.15) is 10.1 Å². The molecule has 3 aromatic rings. The number of rotatable bonds is 5. The van der Waals surface area contributed by atoms with Gasteiger partial charge in [0, 0.05) is 13.3 Å². The minimum absolute atomic E-state index is 0.282. The Morgan fingerprint density at radius 1 is 1.30 bits per heavy atom. The van der Waals surface area contributed by atoms with Crippen LogP contribution in [0.15, 0.2) is 50.6 Å². The van der Waals surface area contributed by atoms with E-state index < -0.39 is 12.0 Å².